The van der Waals surface area contributed by atoms with Gasteiger partial charge in [-0.1, -0.05) is 6.92 Å². The smallest absolute Gasteiger partial charge is 0.432 e. The highest BCUT2D eigenvalue weighted by Crippen LogP contribution is 2.35. The summed E-state index contributed by atoms with van der Waals surface area (Å²) in [5.74, 6) is -2.10. The summed E-state index contributed by atoms with van der Waals surface area (Å²) in [6.45, 7) is 3.46. The lowest BCUT2D eigenvalue weighted by atomic mass is 10.1. The quantitative estimate of drug-likeness (QED) is 0.682. The van der Waals surface area contributed by atoms with Gasteiger partial charge in [0.2, 0.25) is 0 Å². The van der Waals surface area contributed by atoms with Crippen LogP contribution in [0.15, 0.2) is 6.07 Å². The predicted octanol–water partition coefficient (Wildman–Crippen LogP) is 3.32. The van der Waals surface area contributed by atoms with Crippen molar-refractivity contribution < 1.29 is 32.3 Å². The van der Waals surface area contributed by atoms with E-state index in [1.807, 2.05) is 0 Å². The molecule has 0 aliphatic rings. The first kappa shape index (κ1) is 22.4. The summed E-state index contributed by atoms with van der Waals surface area (Å²) in [6, 6.07) is 0.552. The number of nitrogens with one attached hydrogen (secondary N) is 2. The SMILES string of the molecule is CCCOC(=O)c1c(NC(=O)c2cc(C(F)(F)F)[nH]n2)sc(C(=O)N(C)C)c1C. The van der Waals surface area contributed by atoms with Crippen LogP contribution in [-0.2, 0) is 10.9 Å². The molecule has 12 heteroatoms. The number of anilines is 1. The van der Waals surface area contributed by atoms with Crippen LogP contribution in [0.4, 0.5) is 18.2 Å². The van der Waals surface area contributed by atoms with Gasteiger partial charge < -0.3 is 15.0 Å². The molecule has 0 radical (unpaired) electrons. The Hall–Kier alpha value is -2.89. The molecule has 2 heterocycles. The lowest BCUT2D eigenvalue weighted by Crippen LogP contribution is -2.21. The standard InChI is InChI=1S/C17H19F3N4O4S/c1-5-6-28-16(27)11-8(2)12(15(26)24(3)4)29-14(11)21-13(25)9-7-10(23-22-9)17(18,19)20/h7H,5-6H2,1-4H3,(H,21,25)(H,22,23). The molecule has 0 saturated heterocycles. The third kappa shape index (κ3) is 4.94. The number of hydrogen-bond donors (Lipinski definition) is 2. The Morgan fingerprint density at radius 1 is 1.31 bits per heavy atom. The van der Waals surface area contributed by atoms with Gasteiger partial charge in [0.05, 0.1) is 17.0 Å². The summed E-state index contributed by atoms with van der Waals surface area (Å²) < 4.78 is 43.2. The predicted molar refractivity (Wildman–Crippen MR) is 99.2 cm³/mol. The van der Waals surface area contributed by atoms with Crippen LogP contribution in [0.5, 0.6) is 0 Å². The minimum absolute atomic E-state index is 0.00429. The molecule has 8 nitrogen and oxygen atoms in total. The van der Waals surface area contributed by atoms with Gasteiger partial charge in [-0.2, -0.15) is 18.3 Å². The molecule has 0 saturated carbocycles. The van der Waals surface area contributed by atoms with Crippen LogP contribution < -0.4 is 5.32 Å². The number of aromatic nitrogens is 2. The first-order chi connectivity index (χ1) is 13.5. The van der Waals surface area contributed by atoms with Crippen molar-refractivity contribution in [2.45, 2.75) is 26.4 Å². The van der Waals surface area contributed by atoms with E-state index in [0.717, 1.165) is 11.3 Å². The van der Waals surface area contributed by atoms with Gasteiger partial charge in [0.25, 0.3) is 11.8 Å². The van der Waals surface area contributed by atoms with E-state index in [2.05, 4.69) is 10.4 Å². The van der Waals surface area contributed by atoms with Crippen molar-refractivity contribution in [3.63, 3.8) is 0 Å². The number of amides is 2. The van der Waals surface area contributed by atoms with Crippen LogP contribution in [0.3, 0.4) is 0 Å². The fourth-order valence-electron chi connectivity index (χ4n) is 2.27. The lowest BCUT2D eigenvalue weighted by Gasteiger charge is -2.09. The van der Waals surface area contributed by atoms with Gasteiger partial charge >= 0.3 is 12.1 Å². The van der Waals surface area contributed by atoms with Crippen molar-refractivity contribution >= 4 is 34.1 Å². The molecule has 2 aromatic rings. The molecular weight excluding hydrogens is 413 g/mol. The van der Waals surface area contributed by atoms with Crippen LogP contribution in [0.2, 0.25) is 0 Å². The number of aromatic amines is 1. The number of hydrogen-bond acceptors (Lipinski definition) is 6. The van der Waals surface area contributed by atoms with Crippen molar-refractivity contribution in [1.82, 2.24) is 15.1 Å². The van der Waals surface area contributed by atoms with Crippen LogP contribution in [0.1, 0.15) is 55.1 Å². The van der Waals surface area contributed by atoms with Gasteiger partial charge in [-0.05, 0) is 18.9 Å². The highest BCUT2D eigenvalue weighted by molar-refractivity contribution is 7.18. The van der Waals surface area contributed by atoms with Crippen LogP contribution in [-0.4, -0.2) is 53.6 Å². The van der Waals surface area contributed by atoms with Gasteiger partial charge in [0.1, 0.15) is 10.7 Å². The molecule has 0 aliphatic carbocycles. The number of thiophene rings is 1. The van der Waals surface area contributed by atoms with Crippen LogP contribution in [0.25, 0.3) is 0 Å². The molecular formula is C17H19F3N4O4S. The second-order valence-corrected chi connectivity index (χ2v) is 7.24. The van der Waals surface area contributed by atoms with Gasteiger partial charge in [-0.15, -0.1) is 11.3 Å². The lowest BCUT2D eigenvalue weighted by molar-refractivity contribution is -0.141. The summed E-state index contributed by atoms with van der Waals surface area (Å²) in [5, 5.41) is 7.45. The second kappa shape index (κ2) is 8.64. The Morgan fingerprint density at radius 3 is 2.48 bits per heavy atom. The van der Waals surface area contributed by atoms with E-state index in [9.17, 15) is 27.6 Å². The van der Waals surface area contributed by atoms with Gasteiger partial charge in [-0.3, -0.25) is 14.7 Å². The van der Waals surface area contributed by atoms with Gasteiger partial charge in [0.15, 0.2) is 5.69 Å². The Bertz CT molecular complexity index is 934. The first-order valence-corrected chi connectivity index (χ1v) is 9.25. The maximum absolute atomic E-state index is 12.7. The van der Waals surface area contributed by atoms with E-state index in [1.54, 1.807) is 12.0 Å². The molecule has 0 aromatic carbocycles. The molecule has 0 bridgehead atoms. The van der Waals surface area contributed by atoms with Crippen LogP contribution in [0, 0.1) is 6.92 Å². The van der Waals surface area contributed by atoms with Gasteiger partial charge in [0, 0.05) is 20.2 Å². The van der Waals surface area contributed by atoms with E-state index in [1.165, 1.54) is 25.9 Å². The van der Waals surface area contributed by atoms with E-state index < -0.39 is 35.3 Å². The molecule has 0 spiro atoms. The molecule has 2 N–H and O–H groups in total. The summed E-state index contributed by atoms with van der Waals surface area (Å²) in [5.41, 5.74) is -1.41. The number of carbonyl (C=O) groups is 3. The van der Waals surface area contributed by atoms with E-state index >= 15 is 0 Å². The van der Waals surface area contributed by atoms with Crippen molar-refractivity contribution in [2.75, 3.05) is 26.0 Å². The van der Waals surface area contributed by atoms with Crippen molar-refractivity contribution in [3.05, 3.63) is 33.5 Å². The zero-order valence-electron chi connectivity index (χ0n) is 16.1. The normalized spacial score (nSPS) is 11.3. The topological polar surface area (TPSA) is 104 Å². The molecule has 29 heavy (non-hydrogen) atoms. The zero-order chi connectivity index (χ0) is 21.9. The number of carbonyl (C=O) groups excluding carboxylic acids is 3. The Labute approximate surface area is 168 Å². The molecule has 0 atom stereocenters. The molecule has 2 rings (SSSR count). The summed E-state index contributed by atoms with van der Waals surface area (Å²) in [4.78, 5) is 38.7. The molecule has 0 unspecified atom stereocenters. The average Bonchev–Trinajstić information content (AvgIpc) is 3.24. The maximum Gasteiger partial charge on any atom is 0.432 e. The summed E-state index contributed by atoms with van der Waals surface area (Å²) in [7, 11) is 3.05. The van der Waals surface area contributed by atoms with E-state index in [-0.39, 0.29) is 22.0 Å². The number of esters is 1. The number of halogens is 3. The van der Waals surface area contributed by atoms with Crippen LogP contribution >= 0.6 is 11.3 Å². The van der Waals surface area contributed by atoms with E-state index in [4.69, 9.17) is 4.74 Å². The molecule has 2 amide bonds. The zero-order valence-corrected chi connectivity index (χ0v) is 16.9. The second-order valence-electron chi connectivity index (χ2n) is 6.21. The number of rotatable bonds is 6. The fraction of sp³-hybridized carbons (Fsp3) is 0.412. The summed E-state index contributed by atoms with van der Waals surface area (Å²) in [6.07, 6.45) is -4.13. The van der Waals surface area contributed by atoms with E-state index in [0.29, 0.717) is 18.1 Å². The number of alkyl halides is 3. The molecule has 0 aliphatic heterocycles. The summed E-state index contributed by atoms with van der Waals surface area (Å²) >= 11 is 0.836. The largest absolute Gasteiger partial charge is 0.462 e. The highest BCUT2D eigenvalue weighted by Gasteiger charge is 2.34. The Morgan fingerprint density at radius 2 is 1.97 bits per heavy atom. The maximum atomic E-state index is 12.7. The number of nitrogens with zero attached hydrogens (tertiary/aromatic N) is 2. The minimum Gasteiger partial charge on any atom is -0.462 e. The monoisotopic (exact) mass is 432 g/mol. The first-order valence-electron chi connectivity index (χ1n) is 8.43. The van der Waals surface area contributed by atoms with Gasteiger partial charge in [-0.25, -0.2) is 4.79 Å². The third-order valence-corrected chi connectivity index (χ3v) is 4.93. The fourth-order valence-corrected chi connectivity index (χ4v) is 3.48. The number of ether oxygens (including phenoxy) is 1. The average molecular weight is 432 g/mol. The Kier molecular flexibility index (Phi) is 6.67. The van der Waals surface area contributed by atoms with Crippen molar-refractivity contribution in [1.29, 1.82) is 0 Å². The molecule has 0 fully saturated rings. The van der Waals surface area contributed by atoms with Crippen molar-refractivity contribution in [2.24, 2.45) is 0 Å². The minimum atomic E-state index is -4.69. The Balaban J connectivity index is 2.40. The molecule has 2 aromatic heterocycles. The third-order valence-electron chi connectivity index (χ3n) is 3.73. The molecule has 158 valence electrons. The number of H-pyrrole nitrogens is 1. The van der Waals surface area contributed by atoms with Crippen molar-refractivity contribution in [3.8, 4) is 0 Å². The highest BCUT2D eigenvalue weighted by atomic mass is 32.1.